The smallest absolute Gasteiger partial charge is 0.321 e. The minimum Gasteiger partial charge on any atom is -0.469 e. The number of furan rings is 1. The van der Waals surface area contributed by atoms with Gasteiger partial charge in [0.25, 0.3) is 0 Å². The molecule has 1 saturated carbocycles. The van der Waals surface area contributed by atoms with Crippen LogP contribution in [0.4, 0.5) is 0 Å². The standard InChI is InChI=1S/C27H33NO4/c1-5-31-24(30)27(23(29)13-12-19-10-8-14-32-19)17-26(3)21-15-18-9-6-7-11-20(18)25(26,2)16-22(27)28(21)4/h6-11,14,21-22H,5,12-13,15-17H2,1-4H3/t21?,22?,25-,26+,27?/m0/s1. The molecule has 3 fully saturated rings. The highest BCUT2D eigenvalue weighted by Crippen LogP contribution is 2.68. The van der Waals surface area contributed by atoms with Gasteiger partial charge >= 0.3 is 5.97 Å². The maximum Gasteiger partial charge on any atom is 0.321 e. The first-order valence-corrected chi connectivity index (χ1v) is 11.8. The molecule has 0 spiro atoms. The quantitative estimate of drug-likeness (QED) is 0.499. The van der Waals surface area contributed by atoms with Crippen LogP contribution in [0.1, 0.15) is 56.9 Å². The fourth-order valence-electron chi connectivity index (χ4n) is 7.34. The maximum absolute atomic E-state index is 13.9. The lowest BCUT2D eigenvalue weighted by molar-refractivity contribution is -0.208. The summed E-state index contributed by atoms with van der Waals surface area (Å²) >= 11 is 0. The molecule has 5 nitrogen and oxygen atoms in total. The van der Waals surface area contributed by atoms with Crippen LogP contribution < -0.4 is 0 Å². The van der Waals surface area contributed by atoms with Gasteiger partial charge in [0.15, 0.2) is 5.78 Å². The second-order valence-corrected chi connectivity index (χ2v) is 10.4. The van der Waals surface area contributed by atoms with Crippen molar-refractivity contribution in [3.8, 4) is 0 Å². The van der Waals surface area contributed by atoms with Crippen molar-refractivity contribution in [1.82, 2.24) is 4.90 Å². The molecule has 4 aliphatic rings. The Hall–Kier alpha value is -2.40. The normalized spacial score (nSPS) is 35.4. The van der Waals surface area contributed by atoms with Crippen LogP contribution in [0.25, 0.3) is 0 Å². The van der Waals surface area contributed by atoms with E-state index in [2.05, 4.69) is 50.1 Å². The molecule has 3 unspecified atom stereocenters. The topological polar surface area (TPSA) is 59.8 Å². The summed E-state index contributed by atoms with van der Waals surface area (Å²) in [6.07, 6.45) is 4.68. The third-order valence-corrected chi connectivity index (χ3v) is 9.14. The zero-order chi connectivity index (χ0) is 22.7. The molecule has 2 aliphatic carbocycles. The summed E-state index contributed by atoms with van der Waals surface area (Å²) in [6.45, 7) is 6.74. The maximum atomic E-state index is 13.9. The van der Waals surface area contributed by atoms with E-state index in [0.29, 0.717) is 18.9 Å². The van der Waals surface area contributed by atoms with Crippen molar-refractivity contribution >= 4 is 11.8 Å². The lowest BCUT2D eigenvalue weighted by Gasteiger charge is -2.71. The molecule has 0 radical (unpaired) electrons. The Bertz CT molecular complexity index is 1050. The van der Waals surface area contributed by atoms with Gasteiger partial charge in [0, 0.05) is 30.3 Å². The molecular weight excluding hydrogens is 402 g/mol. The zero-order valence-corrected chi connectivity index (χ0v) is 19.5. The number of ether oxygens (including phenoxy) is 1. The number of Topliss-reactive ketones (excluding diaryl/α,β-unsaturated/α-hetero) is 1. The van der Waals surface area contributed by atoms with Gasteiger partial charge in [0.1, 0.15) is 11.2 Å². The third-order valence-electron chi connectivity index (χ3n) is 9.14. The number of ketones is 1. The highest BCUT2D eigenvalue weighted by molar-refractivity contribution is 6.05. The largest absolute Gasteiger partial charge is 0.469 e. The van der Waals surface area contributed by atoms with E-state index < -0.39 is 5.41 Å². The molecule has 5 heteroatoms. The van der Waals surface area contributed by atoms with Crippen LogP contribution in [0.5, 0.6) is 0 Å². The first-order chi connectivity index (χ1) is 15.3. The van der Waals surface area contributed by atoms with E-state index in [1.807, 2.05) is 19.1 Å². The average Bonchev–Trinajstić information content (AvgIpc) is 3.29. The van der Waals surface area contributed by atoms with Crippen molar-refractivity contribution in [1.29, 1.82) is 0 Å². The predicted octanol–water partition coefficient (Wildman–Crippen LogP) is 4.33. The molecule has 6 rings (SSSR count). The fraction of sp³-hybridized carbons (Fsp3) is 0.556. The van der Waals surface area contributed by atoms with Crippen LogP contribution in [-0.2, 0) is 32.6 Å². The minimum absolute atomic E-state index is 0.00946. The Labute approximate surface area is 190 Å². The Morgan fingerprint density at radius 1 is 1.16 bits per heavy atom. The number of carbonyl (C=O) groups is 2. The van der Waals surface area contributed by atoms with Crippen molar-refractivity contribution in [2.75, 3.05) is 13.7 Å². The van der Waals surface area contributed by atoms with E-state index in [1.165, 1.54) is 11.1 Å². The molecule has 170 valence electrons. The lowest BCUT2D eigenvalue weighted by atomic mass is 9.39. The Kier molecular flexibility index (Phi) is 4.90. The number of hydrogen-bond acceptors (Lipinski definition) is 5. The number of piperidine rings is 2. The van der Waals surface area contributed by atoms with Crippen molar-refractivity contribution in [3.63, 3.8) is 0 Å². The number of benzene rings is 1. The molecule has 3 heterocycles. The van der Waals surface area contributed by atoms with Crippen LogP contribution in [0.3, 0.4) is 0 Å². The average molecular weight is 436 g/mol. The molecule has 2 saturated heterocycles. The van der Waals surface area contributed by atoms with Gasteiger partial charge in [-0.05, 0) is 61.9 Å². The fourth-order valence-corrected chi connectivity index (χ4v) is 7.34. The van der Waals surface area contributed by atoms with Gasteiger partial charge in [0.2, 0.25) is 0 Å². The monoisotopic (exact) mass is 435 g/mol. The molecular formula is C27H33NO4. The molecule has 0 N–H and O–H groups in total. The number of likely N-dealkylation sites (N-methyl/N-ethyl adjacent to an activating group) is 1. The highest BCUT2D eigenvalue weighted by Gasteiger charge is 2.73. The number of esters is 1. The van der Waals surface area contributed by atoms with Gasteiger partial charge in [-0.3, -0.25) is 14.5 Å². The van der Waals surface area contributed by atoms with E-state index in [-0.39, 0.29) is 41.7 Å². The number of fused-ring (bicyclic) bond motifs is 2. The van der Waals surface area contributed by atoms with Crippen LogP contribution in [0.15, 0.2) is 47.1 Å². The van der Waals surface area contributed by atoms with E-state index in [4.69, 9.17) is 9.15 Å². The van der Waals surface area contributed by atoms with Crippen molar-refractivity contribution in [2.45, 2.75) is 70.4 Å². The summed E-state index contributed by atoms with van der Waals surface area (Å²) in [5, 5.41) is 0. The molecule has 1 aromatic carbocycles. The molecule has 4 bridgehead atoms. The van der Waals surface area contributed by atoms with Gasteiger partial charge in [-0.25, -0.2) is 0 Å². The Morgan fingerprint density at radius 2 is 1.94 bits per heavy atom. The van der Waals surface area contributed by atoms with Gasteiger partial charge in [-0.1, -0.05) is 38.1 Å². The number of rotatable bonds is 6. The predicted molar refractivity (Wildman–Crippen MR) is 121 cm³/mol. The number of aryl methyl sites for hydroxylation is 1. The van der Waals surface area contributed by atoms with Crippen molar-refractivity contribution < 1.29 is 18.7 Å². The summed E-state index contributed by atoms with van der Waals surface area (Å²) in [6, 6.07) is 12.6. The first-order valence-electron chi connectivity index (χ1n) is 11.8. The van der Waals surface area contributed by atoms with Crippen LogP contribution in [0.2, 0.25) is 0 Å². The number of carbonyl (C=O) groups excluding carboxylic acids is 2. The van der Waals surface area contributed by atoms with Gasteiger partial charge < -0.3 is 9.15 Å². The highest BCUT2D eigenvalue weighted by atomic mass is 16.5. The Balaban J connectivity index is 1.58. The molecule has 5 atom stereocenters. The molecule has 32 heavy (non-hydrogen) atoms. The van der Waals surface area contributed by atoms with Gasteiger partial charge in [-0.2, -0.15) is 0 Å². The van der Waals surface area contributed by atoms with Gasteiger partial charge in [0.05, 0.1) is 12.9 Å². The Morgan fingerprint density at radius 3 is 2.66 bits per heavy atom. The third kappa shape index (κ3) is 2.67. The lowest BCUT2D eigenvalue weighted by Crippen LogP contribution is -2.78. The summed E-state index contributed by atoms with van der Waals surface area (Å²) in [4.78, 5) is 29.8. The van der Waals surface area contributed by atoms with Crippen molar-refractivity contribution in [2.24, 2.45) is 10.8 Å². The minimum atomic E-state index is -1.13. The van der Waals surface area contributed by atoms with Crippen molar-refractivity contribution in [3.05, 3.63) is 59.5 Å². The van der Waals surface area contributed by atoms with E-state index >= 15 is 0 Å². The van der Waals surface area contributed by atoms with Gasteiger partial charge in [-0.15, -0.1) is 0 Å². The van der Waals surface area contributed by atoms with Crippen LogP contribution in [-0.4, -0.2) is 42.4 Å². The van der Waals surface area contributed by atoms with E-state index in [9.17, 15) is 9.59 Å². The molecule has 2 aromatic rings. The summed E-state index contributed by atoms with van der Waals surface area (Å²) in [5.41, 5.74) is 1.36. The van der Waals surface area contributed by atoms with Crippen LogP contribution >= 0.6 is 0 Å². The SMILES string of the molecule is CCOC(=O)C1(C(=O)CCc2ccco2)C[C@]2(C)C3Cc4ccccc4[C@]2(C)CC1N3C. The number of nitrogens with zero attached hydrogens (tertiary/aromatic N) is 1. The second kappa shape index (κ2) is 7.31. The summed E-state index contributed by atoms with van der Waals surface area (Å²) < 4.78 is 11.1. The molecule has 2 aliphatic heterocycles. The summed E-state index contributed by atoms with van der Waals surface area (Å²) in [5.74, 6) is 0.419. The van der Waals surface area contributed by atoms with E-state index in [0.717, 1.165) is 18.6 Å². The van der Waals surface area contributed by atoms with Crippen LogP contribution in [0, 0.1) is 10.8 Å². The molecule has 1 aromatic heterocycles. The first kappa shape index (κ1) is 21.4. The summed E-state index contributed by atoms with van der Waals surface area (Å²) in [7, 11) is 2.11. The van der Waals surface area contributed by atoms with E-state index in [1.54, 1.807) is 6.26 Å². The molecule has 0 amide bonds. The second-order valence-electron chi connectivity index (χ2n) is 10.4. The zero-order valence-electron chi connectivity index (χ0n) is 19.5. The number of hydrogen-bond donors (Lipinski definition) is 0.